The third-order valence-corrected chi connectivity index (χ3v) is 2.36. The fourth-order valence-electron chi connectivity index (χ4n) is 1.34. The molecule has 0 aromatic heterocycles. The first-order valence-corrected chi connectivity index (χ1v) is 6.01. The Morgan fingerprint density at radius 2 is 2.11 bits per heavy atom. The highest BCUT2D eigenvalue weighted by atomic mass is 35.5. The lowest BCUT2D eigenvalue weighted by Gasteiger charge is -2.08. The average molecular weight is 276 g/mol. The number of alkyl halides is 2. The van der Waals surface area contributed by atoms with Crippen molar-refractivity contribution in [3.05, 3.63) is 34.9 Å². The number of benzene rings is 1. The van der Waals surface area contributed by atoms with Crippen LogP contribution in [-0.4, -0.2) is 19.2 Å². The van der Waals surface area contributed by atoms with Crippen molar-refractivity contribution in [3.63, 3.8) is 0 Å². The van der Waals surface area contributed by atoms with E-state index in [4.69, 9.17) is 11.6 Å². The molecule has 1 aromatic rings. The van der Waals surface area contributed by atoms with Gasteiger partial charge in [0.2, 0.25) is 0 Å². The van der Waals surface area contributed by atoms with Crippen LogP contribution in [0.3, 0.4) is 0 Å². The predicted octanol–water partition coefficient (Wildman–Crippen LogP) is 3.95. The zero-order valence-electron chi connectivity index (χ0n) is 10.3. The van der Waals surface area contributed by atoms with E-state index in [2.05, 4.69) is 10.1 Å². The SMILES string of the molecule is CC(C)NCC=Cc1cc(Cl)ccc1OC(F)F. The Kier molecular flexibility index (Phi) is 6.09. The molecule has 1 aromatic carbocycles. The van der Waals surface area contributed by atoms with E-state index in [0.29, 0.717) is 23.2 Å². The van der Waals surface area contributed by atoms with Crippen molar-refractivity contribution in [2.75, 3.05) is 6.54 Å². The molecule has 0 saturated carbocycles. The molecule has 0 saturated heterocycles. The highest BCUT2D eigenvalue weighted by Crippen LogP contribution is 2.25. The molecule has 18 heavy (non-hydrogen) atoms. The summed E-state index contributed by atoms with van der Waals surface area (Å²) in [6.07, 6.45) is 3.54. The number of rotatable bonds is 6. The second-order valence-corrected chi connectivity index (χ2v) is 4.46. The first-order valence-electron chi connectivity index (χ1n) is 5.63. The van der Waals surface area contributed by atoms with Crippen LogP contribution >= 0.6 is 11.6 Å². The van der Waals surface area contributed by atoms with Crippen molar-refractivity contribution >= 4 is 17.7 Å². The monoisotopic (exact) mass is 275 g/mol. The fourth-order valence-corrected chi connectivity index (χ4v) is 1.52. The highest BCUT2D eigenvalue weighted by Gasteiger charge is 2.08. The van der Waals surface area contributed by atoms with Crippen molar-refractivity contribution in [3.8, 4) is 5.75 Å². The standard InChI is InChI=1S/C13H16ClF2NO/c1-9(2)17-7-3-4-10-8-11(14)5-6-12(10)18-13(15)16/h3-6,8-9,13,17H,7H2,1-2H3. The molecule has 5 heteroatoms. The maximum absolute atomic E-state index is 12.2. The van der Waals surface area contributed by atoms with Crippen molar-refractivity contribution < 1.29 is 13.5 Å². The smallest absolute Gasteiger partial charge is 0.387 e. The summed E-state index contributed by atoms with van der Waals surface area (Å²) in [5.74, 6) is 0.121. The van der Waals surface area contributed by atoms with Gasteiger partial charge in [0, 0.05) is 23.2 Å². The van der Waals surface area contributed by atoms with Gasteiger partial charge in [0.25, 0.3) is 0 Å². The summed E-state index contributed by atoms with van der Waals surface area (Å²) >= 11 is 5.82. The largest absolute Gasteiger partial charge is 0.434 e. The minimum atomic E-state index is -2.84. The summed E-state index contributed by atoms with van der Waals surface area (Å²) in [5.41, 5.74) is 0.536. The molecule has 0 aliphatic carbocycles. The summed E-state index contributed by atoms with van der Waals surface area (Å²) in [5, 5.41) is 3.66. The van der Waals surface area contributed by atoms with Gasteiger partial charge in [-0.1, -0.05) is 37.6 Å². The second-order valence-electron chi connectivity index (χ2n) is 4.03. The van der Waals surface area contributed by atoms with Gasteiger partial charge in [-0.05, 0) is 18.2 Å². The minimum absolute atomic E-state index is 0.121. The maximum Gasteiger partial charge on any atom is 0.387 e. The summed E-state index contributed by atoms with van der Waals surface area (Å²) in [6, 6.07) is 4.91. The van der Waals surface area contributed by atoms with Crippen LogP contribution in [0.4, 0.5) is 8.78 Å². The van der Waals surface area contributed by atoms with Crippen molar-refractivity contribution in [2.24, 2.45) is 0 Å². The number of hydrogen-bond acceptors (Lipinski definition) is 2. The molecule has 0 amide bonds. The van der Waals surface area contributed by atoms with E-state index in [1.807, 2.05) is 19.9 Å². The molecule has 2 nitrogen and oxygen atoms in total. The van der Waals surface area contributed by atoms with Crippen LogP contribution in [0.25, 0.3) is 6.08 Å². The van der Waals surface area contributed by atoms with Gasteiger partial charge >= 0.3 is 6.61 Å². The molecular weight excluding hydrogens is 260 g/mol. The summed E-state index contributed by atoms with van der Waals surface area (Å²) in [4.78, 5) is 0. The van der Waals surface area contributed by atoms with Gasteiger partial charge in [0.15, 0.2) is 0 Å². The van der Waals surface area contributed by atoms with Gasteiger partial charge in [-0.15, -0.1) is 0 Å². The Hall–Kier alpha value is -1.13. The van der Waals surface area contributed by atoms with Crippen LogP contribution in [0.1, 0.15) is 19.4 Å². The molecule has 0 spiro atoms. The van der Waals surface area contributed by atoms with Crippen molar-refractivity contribution in [1.82, 2.24) is 5.32 Å². The third-order valence-electron chi connectivity index (χ3n) is 2.13. The Bertz CT molecular complexity index is 408. The summed E-state index contributed by atoms with van der Waals surface area (Å²) < 4.78 is 28.8. The fraction of sp³-hybridized carbons (Fsp3) is 0.385. The molecule has 1 rings (SSSR count). The number of nitrogens with one attached hydrogen (secondary N) is 1. The lowest BCUT2D eigenvalue weighted by atomic mass is 10.2. The average Bonchev–Trinajstić information content (AvgIpc) is 2.27. The van der Waals surface area contributed by atoms with Crippen LogP contribution in [0.15, 0.2) is 24.3 Å². The van der Waals surface area contributed by atoms with E-state index < -0.39 is 6.61 Å². The van der Waals surface area contributed by atoms with Crippen molar-refractivity contribution in [2.45, 2.75) is 26.5 Å². The molecule has 0 bridgehead atoms. The van der Waals surface area contributed by atoms with E-state index in [-0.39, 0.29) is 5.75 Å². The van der Waals surface area contributed by atoms with E-state index >= 15 is 0 Å². The minimum Gasteiger partial charge on any atom is -0.434 e. The molecule has 0 unspecified atom stereocenters. The van der Waals surface area contributed by atoms with E-state index in [1.54, 1.807) is 12.1 Å². The highest BCUT2D eigenvalue weighted by molar-refractivity contribution is 6.30. The van der Waals surface area contributed by atoms with E-state index in [1.165, 1.54) is 12.1 Å². The number of ether oxygens (including phenoxy) is 1. The van der Waals surface area contributed by atoms with E-state index in [0.717, 1.165) is 0 Å². The van der Waals surface area contributed by atoms with Gasteiger partial charge < -0.3 is 10.1 Å². The van der Waals surface area contributed by atoms with Gasteiger partial charge in [-0.2, -0.15) is 8.78 Å². The molecule has 0 radical (unpaired) electrons. The zero-order chi connectivity index (χ0) is 13.5. The molecule has 1 N–H and O–H groups in total. The Labute approximate surface area is 111 Å². The molecular formula is C13H16ClF2NO. The van der Waals surface area contributed by atoms with Crippen LogP contribution in [0, 0.1) is 0 Å². The summed E-state index contributed by atoms with van der Waals surface area (Å²) in [6.45, 7) is 1.86. The molecule has 100 valence electrons. The third kappa shape index (κ3) is 5.47. The van der Waals surface area contributed by atoms with Gasteiger partial charge in [-0.25, -0.2) is 0 Å². The van der Waals surface area contributed by atoms with Crippen molar-refractivity contribution in [1.29, 1.82) is 0 Å². The predicted molar refractivity (Wildman–Crippen MR) is 70.3 cm³/mol. The molecule has 0 aliphatic rings. The second kappa shape index (κ2) is 7.34. The van der Waals surface area contributed by atoms with Crippen LogP contribution in [0.5, 0.6) is 5.75 Å². The lowest BCUT2D eigenvalue weighted by molar-refractivity contribution is -0.0499. The summed E-state index contributed by atoms with van der Waals surface area (Å²) in [7, 11) is 0. The van der Waals surface area contributed by atoms with E-state index in [9.17, 15) is 8.78 Å². The zero-order valence-corrected chi connectivity index (χ0v) is 11.0. The first kappa shape index (κ1) is 14.9. The van der Waals surface area contributed by atoms with Gasteiger partial charge in [0.05, 0.1) is 0 Å². The Balaban J connectivity index is 2.75. The quantitative estimate of drug-likeness (QED) is 0.849. The van der Waals surface area contributed by atoms with Crippen LogP contribution in [0.2, 0.25) is 5.02 Å². The first-order chi connectivity index (χ1) is 8.49. The molecule has 0 atom stereocenters. The molecule has 0 aliphatic heterocycles. The van der Waals surface area contributed by atoms with Crippen LogP contribution < -0.4 is 10.1 Å². The van der Waals surface area contributed by atoms with Gasteiger partial charge in [0.1, 0.15) is 5.75 Å². The van der Waals surface area contributed by atoms with Gasteiger partial charge in [-0.3, -0.25) is 0 Å². The molecule has 0 heterocycles. The Morgan fingerprint density at radius 1 is 1.39 bits per heavy atom. The maximum atomic E-state index is 12.2. The van der Waals surface area contributed by atoms with Crippen LogP contribution in [-0.2, 0) is 0 Å². The number of hydrogen-bond donors (Lipinski definition) is 1. The lowest BCUT2D eigenvalue weighted by Crippen LogP contribution is -2.22. The Morgan fingerprint density at radius 3 is 2.72 bits per heavy atom. The molecule has 0 fully saturated rings. The topological polar surface area (TPSA) is 21.3 Å². The normalized spacial score (nSPS) is 11.7. The number of halogens is 3.